The molecular weight excluding hydrogens is 436 g/mol. The van der Waals surface area contributed by atoms with Crippen LogP contribution in [-0.2, 0) is 16.0 Å². The minimum absolute atomic E-state index is 0.0364. The van der Waals surface area contributed by atoms with Gasteiger partial charge in [-0.2, -0.15) is 0 Å². The van der Waals surface area contributed by atoms with Gasteiger partial charge in [-0.25, -0.2) is 0 Å². The zero-order valence-corrected chi connectivity index (χ0v) is 20.8. The van der Waals surface area contributed by atoms with Crippen LogP contribution in [0.25, 0.3) is 10.9 Å². The number of allylic oxidation sites excluding steroid dienone is 1. The largest absolute Gasteiger partial charge is 0.361 e. The van der Waals surface area contributed by atoms with E-state index in [9.17, 15) is 9.59 Å². The van der Waals surface area contributed by atoms with Crippen LogP contribution in [0.15, 0.2) is 66.0 Å². The van der Waals surface area contributed by atoms with E-state index in [1.807, 2.05) is 42.6 Å². The molecule has 0 saturated carbocycles. The predicted octanol–water partition coefficient (Wildman–Crippen LogP) is 5.18. The van der Waals surface area contributed by atoms with Crippen molar-refractivity contribution < 1.29 is 9.59 Å². The molecule has 35 heavy (non-hydrogen) atoms. The number of ketones is 1. The molecule has 2 aromatic carbocycles. The van der Waals surface area contributed by atoms with Crippen molar-refractivity contribution >= 4 is 34.0 Å². The molecule has 3 N–H and O–H groups in total. The van der Waals surface area contributed by atoms with Crippen LogP contribution in [0, 0.1) is 5.41 Å². The standard InChI is InChI=1S/C29H34N4O2/c1-4-24-28-23(15-29(2,3)16-26(28)34)32-22-11-7-8-12-25(22)33(24)18-27(35)30-14-13-19-17-31-21-10-6-5-9-20(19)21/h5-12,17,24,31-32H,4,13-16,18H2,1-3H3,(H,30,35). The third-order valence-corrected chi connectivity index (χ3v) is 7.22. The number of hydrogen-bond acceptors (Lipinski definition) is 4. The second-order valence-corrected chi connectivity index (χ2v) is 10.5. The summed E-state index contributed by atoms with van der Waals surface area (Å²) >= 11 is 0. The maximum absolute atomic E-state index is 13.3. The average molecular weight is 471 g/mol. The quantitative estimate of drug-likeness (QED) is 0.464. The van der Waals surface area contributed by atoms with Crippen molar-refractivity contribution in [1.82, 2.24) is 10.3 Å². The Kier molecular flexibility index (Phi) is 6.13. The molecule has 6 heteroatoms. The van der Waals surface area contributed by atoms with Crippen LogP contribution in [0.1, 0.15) is 45.6 Å². The van der Waals surface area contributed by atoms with Gasteiger partial charge in [0.1, 0.15) is 0 Å². The van der Waals surface area contributed by atoms with Gasteiger partial charge in [-0.3, -0.25) is 9.59 Å². The maximum Gasteiger partial charge on any atom is 0.239 e. The molecule has 6 nitrogen and oxygen atoms in total. The third-order valence-electron chi connectivity index (χ3n) is 7.22. The Hall–Kier alpha value is -3.54. The summed E-state index contributed by atoms with van der Waals surface area (Å²) in [5.74, 6) is 0.152. The minimum atomic E-state index is -0.135. The number of aromatic nitrogens is 1. The van der Waals surface area contributed by atoms with Gasteiger partial charge < -0.3 is 20.5 Å². The van der Waals surface area contributed by atoms with Crippen LogP contribution >= 0.6 is 0 Å². The van der Waals surface area contributed by atoms with Crippen LogP contribution in [-0.4, -0.2) is 35.8 Å². The number of carbonyl (C=O) groups is 2. The first-order valence-electron chi connectivity index (χ1n) is 12.6. The Morgan fingerprint density at radius 3 is 2.71 bits per heavy atom. The Morgan fingerprint density at radius 1 is 1.11 bits per heavy atom. The fourth-order valence-corrected chi connectivity index (χ4v) is 5.65. The first-order chi connectivity index (χ1) is 16.9. The van der Waals surface area contributed by atoms with Crippen LogP contribution in [0.5, 0.6) is 0 Å². The van der Waals surface area contributed by atoms with E-state index in [2.05, 4.69) is 53.4 Å². The fourth-order valence-electron chi connectivity index (χ4n) is 5.65. The van der Waals surface area contributed by atoms with Gasteiger partial charge >= 0.3 is 0 Å². The number of carbonyl (C=O) groups excluding carboxylic acids is 2. The Morgan fingerprint density at radius 2 is 1.89 bits per heavy atom. The molecule has 182 valence electrons. The molecule has 3 aromatic rings. The number of amides is 1. The molecule has 2 aliphatic rings. The molecule has 1 aliphatic heterocycles. The van der Waals surface area contributed by atoms with Gasteiger partial charge in [0.05, 0.1) is 24.0 Å². The molecule has 1 atom stereocenters. The lowest BCUT2D eigenvalue weighted by atomic mass is 9.74. The molecule has 1 amide bonds. The first kappa shape index (κ1) is 23.2. The van der Waals surface area contributed by atoms with Crippen LogP contribution in [0.3, 0.4) is 0 Å². The third kappa shape index (κ3) is 4.57. The van der Waals surface area contributed by atoms with E-state index < -0.39 is 0 Å². The van der Waals surface area contributed by atoms with Gasteiger partial charge in [0.25, 0.3) is 0 Å². The number of rotatable bonds is 6. The number of H-pyrrole nitrogens is 1. The topological polar surface area (TPSA) is 77.2 Å². The molecule has 1 aliphatic carbocycles. The van der Waals surface area contributed by atoms with Crippen molar-refractivity contribution in [3.05, 3.63) is 71.6 Å². The number of hydrogen-bond donors (Lipinski definition) is 3. The number of para-hydroxylation sites is 3. The summed E-state index contributed by atoms with van der Waals surface area (Å²) in [5.41, 5.74) is 5.99. The molecule has 0 saturated heterocycles. The van der Waals surface area contributed by atoms with Gasteiger partial charge in [-0.15, -0.1) is 0 Å². The van der Waals surface area contributed by atoms with E-state index in [0.717, 1.165) is 47.4 Å². The van der Waals surface area contributed by atoms with E-state index in [1.165, 1.54) is 10.9 Å². The Balaban J connectivity index is 1.36. The second kappa shape index (κ2) is 9.25. The number of fused-ring (bicyclic) bond motifs is 2. The van der Waals surface area contributed by atoms with E-state index in [0.29, 0.717) is 13.0 Å². The number of benzene rings is 2. The molecule has 0 radical (unpaired) electrons. The molecule has 1 unspecified atom stereocenters. The predicted molar refractivity (Wildman–Crippen MR) is 142 cm³/mol. The zero-order chi connectivity index (χ0) is 24.6. The Bertz CT molecular complexity index is 1300. The summed E-state index contributed by atoms with van der Waals surface area (Å²) in [7, 11) is 0. The monoisotopic (exact) mass is 470 g/mol. The maximum atomic E-state index is 13.3. The van der Waals surface area contributed by atoms with Crippen molar-refractivity contribution in [2.24, 2.45) is 5.41 Å². The summed E-state index contributed by atoms with van der Waals surface area (Å²) in [6.45, 7) is 7.16. The van der Waals surface area contributed by atoms with Gasteiger partial charge in [-0.05, 0) is 48.4 Å². The Labute approximate surface area is 206 Å². The molecular formula is C29H34N4O2. The molecule has 0 bridgehead atoms. The highest BCUT2D eigenvalue weighted by atomic mass is 16.2. The molecule has 2 heterocycles. The summed E-state index contributed by atoms with van der Waals surface area (Å²) in [6, 6.07) is 16.1. The fraction of sp³-hybridized carbons (Fsp3) is 0.379. The second-order valence-electron chi connectivity index (χ2n) is 10.5. The number of aromatic amines is 1. The van der Waals surface area contributed by atoms with Crippen molar-refractivity contribution in [3.63, 3.8) is 0 Å². The van der Waals surface area contributed by atoms with Crippen molar-refractivity contribution in [1.29, 1.82) is 0 Å². The van der Waals surface area contributed by atoms with E-state index >= 15 is 0 Å². The highest BCUT2D eigenvalue weighted by Crippen LogP contribution is 2.44. The number of Topliss-reactive ketones (excluding diaryl/α,β-unsaturated/α-hetero) is 1. The zero-order valence-electron chi connectivity index (χ0n) is 20.8. The number of nitrogens with zero attached hydrogens (tertiary/aromatic N) is 1. The van der Waals surface area contributed by atoms with E-state index in [-0.39, 0.29) is 29.7 Å². The lowest BCUT2D eigenvalue weighted by Crippen LogP contribution is -2.46. The van der Waals surface area contributed by atoms with Crippen LogP contribution < -0.4 is 15.5 Å². The van der Waals surface area contributed by atoms with Crippen molar-refractivity contribution in [3.8, 4) is 0 Å². The van der Waals surface area contributed by atoms with Crippen LogP contribution in [0.4, 0.5) is 11.4 Å². The lowest BCUT2D eigenvalue weighted by Gasteiger charge is -2.37. The average Bonchev–Trinajstić information content (AvgIpc) is 3.17. The minimum Gasteiger partial charge on any atom is -0.361 e. The summed E-state index contributed by atoms with van der Waals surface area (Å²) in [5, 5.41) is 7.88. The summed E-state index contributed by atoms with van der Waals surface area (Å²) in [6.07, 6.45) is 4.89. The first-order valence-corrected chi connectivity index (χ1v) is 12.6. The molecule has 5 rings (SSSR count). The van der Waals surface area contributed by atoms with E-state index in [4.69, 9.17) is 0 Å². The van der Waals surface area contributed by atoms with Gasteiger partial charge in [-0.1, -0.05) is 51.1 Å². The molecule has 1 aromatic heterocycles. The SMILES string of the molecule is CCC1C2=C(CC(C)(C)CC2=O)Nc2ccccc2N1CC(=O)NCCc1c[nH]c2ccccc12. The molecule has 0 fully saturated rings. The van der Waals surface area contributed by atoms with Crippen molar-refractivity contribution in [2.45, 2.75) is 52.5 Å². The van der Waals surface area contributed by atoms with Crippen molar-refractivity contribution in [2.75, 3.05) is 23.3 Å². The lowest BCUT2D eigenvalue weighted by molar-refractivity contribution is -0.120. The summed E-state index contributed by atoms with van der Waals surface area (Å²) in [4.78, 5) is 31.9. The number of anilines is 2. The van der Waals surface area contributed by atoms with Crippen LogP contribution in [0.2, 0.25) is 0 Å². The van der Waals surface area contributed by atoms with Gasteiger partial charge in [0.15, 0.2) is 5.78 Å². The van der Waals surface area contributed by atoms with E-state index in [1.54, 1.807) is 0 Å². The number of nitrogens with one attached hydrogen (secondary N) is 3. The molecule has 0 spiro atoms. The van der Waals surface area contributed by atoms with Gasteiger partial charge in [0.2, 0.25) is 5.91 Å². The van der Waals surface area contributed by atoms with Gasteiger partial charge in [0, 0.05) is 41.3 Å². The smallest absolute Gasteiger partial charge is 0.239 e. The highest BCUT2D eigenvalue weighted by molar-refractivity contribution is 6.01. The normalized spacial score (nSPS) is 19.1. The highest BCUT2D eigenvalue weighted by Gasteiger charge is 2.40. The summed E-state index contributed by atoms with van der Waals surface area (Å²) < 4.78 is 0.